The lowest BCUT2D eigenvalue weighted by molar-refractivity contribution is -0.385. The van der Waals surface area contributed by atoms with Crippen molar-refractivity contribution in [3.8, 4) is 0 Å². The summed E-state index contributed by atoms with van der Waals surface area (Å²) < 4.78 is 0. The zero-order valence-electron chi connectivity index (χ0n) is 7.27. The lowest BCUT2D eigenvalue weighted by Gasteiger charge is -2.01. The SMILES string of the molecule is C=C(C(N)=O)c1ccccc1[N+](=O)[O-]. The molecule has 0 spiro atoms. The minimum atomic E-state index is -0.765. The van der Waals surface area contributed by atoms with Gasteiger partial charge in [0.15, 0.2) is 0 Å². The summed E-state index contributed by atoms with van der Waals surface area (Å²) in [6.45, 7) is 3.39. The molecule has 0 saturated heterocycles. The molecular weight excluding hydrogens is 184 g/mol. The van der Waals surface area contributed by atoms with Gasteiger partial charge in [-0.25, -0.2) is 0 Å². The Kier molecular flexibility index (Phi) is 2.62. The average molecular weight is 192 g/mol. The van der Waals surface area contributed by atoms with Gasteiger partial charge in [-0.3, -0.25) is 14.9 Å². The largest absolute Gasteiger partial charge is 0.366 e. The van der Waals surface area contributed by atoms with E-state index in [0.29, 0.717) is 0 Å². The van der Waals surface area contributed by atoms with Gasteiger partial charge in [0.2, 0.25) is 5.91 Å². The standard InChI is InChI=1S/C9H8N2O3/c1-6(9(10)12)7-4-2-3-5-8(7)11(13)14/h2-5H,1H2,(H2,10,12). The van der Waals surface area contributed by atoms with Crippen LogP contribution in [0.5, 0.6) is 0 Å². The number of hydrogen-bond donors (Lipinski definition) is 1. The molecule has 0 heterocycles. The van der Waals surface area contributed by atoms with Crippen molar-refractivity contribution in [3.05, 3.63) is 46.5 Å². The molecule has 0 bridgehead atoms. The zero-order valence-corrected chi connectivity index (χ0v) is 7.27. The predicted octanol–water partition coefficient (Wildman–Crippen LogP) is 1.09. The lowest BCUT2D eigenvalue weighted by atomic mass is 10.1. The zero-order chi connectivity index (χ0) is 10.7. The number of nitro benzene ring substituents is 1. The van der Waals surface area contributed by atoms with Gasteiger partial charge in [-0.05, 0) is 6.07 Å². The normalized spacial score (nSPS) is 9.43. The first-order valence-corrected chi connectivity index (χ1v) is 3.76. The number of primary amides is 1. The second-order valence-corrected chi connectivity index (χ2v) is 2.62. The molecule has 0 fully saturated rings. The topological polar surface area (TPSA) is 86.2 Å². The van der Waals surface area contributed by atoms with E-state index >= 15 is 0 Å². The fraction of sp³-hybridized carbons (Fsp3) is 0. The Labute approximate surface area is 80.0 Å². The summed E-state index contributed by atoms with van der Waals surface area (Å²) in [6.07, 6.45) is 0. The molecule has 0 saturated carbocycles. The Bertz CT molecular complexity index is 412. The number of benzene rings is 1. The van der Waals surface area contributed by atoms with Crippen molar-refractivity contribution in [1.29, 1.82) is 0 Å². The van der Waals surface area contributed by atoms with Crippen LogP contribution < -0.4 is 5.73 Å². The van der Waals surface area contributed by atoms with Crippen LogP contribution in [0.25, 0.3) is 5.57 Å². The molecule has 72 valence electrons. The summed E-state index contributed by atoms with van der Waals surface area (Å²) in [5.74, 6) is -0.765. The summed E-state index contributed by atoms with van der Waals surface area (Å²) >= 11 is 0. The second-order valence-electron chi connectivity index (χ2n) is 2.62. The third-order valence-electron chi connectivity index (χ3n) is 1.72. The Morgan fingerprint density at radius 3 is 2.50 bits per heavy atom. The van der Waals surface area contributed by atoms with Gasteiger partial charge in [-0.15, -0.1) is 0 Å². The van der Waals surface area contributed by atoms with Gasteiger partial charge in [0.1, 0.15) is 0 Å². The van der Waals surface area contributed by atoms with Crippen molar-refractivity contribution in [3.63, 3.8) is 0 Å². The van der Waals surface area contributed by atoms with E-state index in [1.807, 2.05) is 0 Å². The van der Waals surface area contributed by atoms with Crippen LogP contribution in [0.1, 0.15) is 5.56 Å². The van der Waals surface area contributed by atoms with Crippen LogP contribution in [-0.4, -0.2) is 10.8 Å². The van der Waals surface area contributed by atoms with Crippen LogP contribution in [0, 0.1) is 10.1 Å². The fourth-order valence-corrected chi connectivity index (χ4v) is 1.02. The van der Waals surface area contributed by atoms with E-state index in [1.54, 1.807) is 6.07 Å². The monoisotopic (exact) mass is 192 g/mol. The Balaban J connectivity index is 3.27. The number of nitrogens with zero attached hydrogens (tertiary/aromatic N) is 1. The van der Waals surface area contributed by atoms with Gasteiger partial charge in [-0.2, -0.15) is 0 Å². The van der Waals surface area contributed by atoms with Gasteiger partial charge in [0.25, 0.3) is 5.69 Å². The molecule has 0 aliphatic heterocycles. The molecule has 0 radical (unpaired) electrons. The van der Waals surface area contributed by atoms with E-state index in [9.17, 15) is 14.9 Å². The van der Waals surface area contributed by atoms with Crippen molar-refractivity contribution in [2.75, 3.05) is 0 Å². The lowest BCUT2D eigenvalue weighted by Crippen LogP contribution is -2.12. The fourth-order valence-electron chi connectivity index (χ4n) is 1.02. The van der Waals surface area contributed by atoms with Crippen LogP contribution in [-0.2, 0) is 4.79 Å². The first-order valence-electron chi connectivity index (χ1n) is 3.76. The third kappa shape index (κ3) is 1.77. The van der Waals surface area contributed by atoms with E-state index in [1.165, 1.54) is 18.2 Å². The number of carbonyl (C=O) groups excluding carboxylic acids is 1. The average Bonchev–Trinajstić information content (AvgIpc) is 2.16. The van der Waals surface area contributed by atoms with Crippen LogP contribution in [0.15, 0.2) is 30.8 Å². The summed E-state index contributed by atoms with van der Waals surface area (Å²) in [5.41, 5.74) is 4.91. The number of amides is 1. The minimum Gasteiger partial charge on any atom is -0.366 e. The Morgan fingerprint density at radius 2 is 2.00 bits per heavy atom. The van der Waals surface area contributed by atoms with E-state index in [-0.39, 0.29) is 16.8 Å². The van der Waals surface area contributed by atoms with E-state index < -0.39 is 10.8 Å². The van der Waals surface area contributed by atoms with Crippen LogP contribution in [0.3, 0.4) is 0 Å². The number of para-hydroxylation sites is 1. The van der Waals surface area contributed by atoms with E-state index in [2.05, 4.69) is 6.58 Å². The van der Waals surface area contributed by atoms with Crippen molar-refractivity contribution in [1.82, 2.24) is 0 Å². The molecule has 1 aromatic rings. The molecule has 5 heteroatoms. The number of nitro groups is 1. The molecule has 0 unspecified atom stereocenters. The number of rotatable bonds is 3. The highest BCUT2D eigenvalue weighted by atomic mass is 16.6. The van der Waals surface area contributed by atoms with Crippen molar-refractivity contribution < 1.29 is 9.72 Å². The van der Waals surface area contributed by atoms with Gasteiger partial charge in [-0.1, -0.05) is 18.7 Å². The number of carbonyl (C=O) groups is 1. The summed E-state index contributed by atoms with van der Waals surface area (Å²) in [7, 11) is 0. The molecular formula is C9H8N2O3. The van der Waals surface area contributed by atoms with Gasteiger partial charge < -0.3 is 5.73 Å². The summed E-state index contributed by atoms with van der Waals surface area (Å²) in [5, 5.41) is 10.6. The van der Waals surface area contributed by atoms with Crippen molar-refractivity contribution in [2.45, 2.75) is 0 Å². The van der Waals surface area contributed by atoms with Crippen LogP contribution >= 0.6 is 0 Å². The molecule has 0 atom stereocenters. The summed E-state index contributed by atoms with van der Waals surface area (Å²) in [6, 6.07) is 5.82. The molecule has 1 aromatic carbocycles. The van der Waals surface area contributed by atoms with E-state index in [4.69, 9.17) is 5.73 Å². The predicted molar refractivity (Wildman–Crippen MR) is 51.3 cm³/mol. The maximum Gasteiger partial charge on any atom is 0.277 e. The third-order valence-corrected chi connectivity index (χ3v) is 1.72. The van der Waals surface area contributed by atoms with Gasteiger partial charge >= 0.3 is 0 Å². The highest BCUT2D eigenvalue weighted by molar-refractivity contribution is 6.18. The summed E-state index contributed by atoms with van der Waals surface area (Å²) in [4.78, 5) is 20.8. The molecule has 0 aliphatic carbocycles. The van der Waals surface area contributed by atoms with Crippen LogP contribution in [0.4, 0.5) is 5.69 Å². The Hall–Kier alpha value is -2.17. The quantitative estimate of drug-likeness (QED) is 0.441. The first-order chi connectivity index (χ1) is 6.54. The van der Waals surface area contributed by atoms with Crippen molar-refractivity contribution in [2.24, 2.45) is 5.73 Å². The first kappa shape index (κ1) is 9.91. The maximum atomic E-state index is 10.8. The highest BCUT2D eigenvalue weighted by Gasteiger charge is 2.17. The van der Waals surface area contributed by atoms with Gasteiger partial charge in [0.05, 0.1) is 10.5 Å². The van der Waals surface area contributed by atoms with Crippen molar-refractivity contribution >= 4 is 17.2 Å². The second kappa shape index (κ2) is 3.69. The minimum absolute atomic E-state index is 0.0581. The molecule has 1 amide bonds. The number of nitrogens with two attached hydrogens (primary N) is 1. The maximum absolute atomic E-state index is 10.8. The molecule has 5 nitrogen and oxygen atoms in total. The Morgan fingerprint density at radius 1 is 1.43 bits per heavy atom. The molecule has 2 N–H and O–H groups in total. The highest BCUT2D eigenvalue weighted by Crippen LogP contribution is 2.23. The molecule has 14 heavy (non-hydrogen) atoms. The number of hydrogen-bond acceptors (Lipinski definition) is 3. The molecule has 0 aliphatic rings. The molecule has 1 rings (SSSR count). The van der Waals surface area contributed by atoms with E-state index in [0.717, 1.165) is 0 Å². The smallest absolute Gasteiger partial charge is 0.277 e. The van der Waals surface area contributed by atoms with Crippen LogP contribution in [0.2, 0.25) is 0 Å². The molecule has 0 aromatic heterocycles. The van der Waals surface area contributed by atoms with Gasteiger partial charge in [0, 0.05) is 11.6 Å².